The van der Waals surface area contributed by atoms with Gasteiger partial charge in [0.05, 0.1) is 28.9 Å². The third-order valence-electron chi connectivity index (χ3n) is 5.18. The molecule has 1 aliphatic rings. The molecule has 2 amide bonds. The number of hydrogen-bond acceptors (Lipinski definition) is 6. The van der Waals surface area contributed by atoms with Gasteiger partial charge in [-0.05, 0) is 42.0 Å². The van der Waals surface area contributed by atoms with Gasteiger partial charge in [-0.3, -0.25) is 9.59 Å². The molecule has 40 heavy (non-hydrogen) atoms. The first-order valence-corrected chi connectivity index (χ1v) is 10.9. The van der Waals surface area contributed by atoms with E-state index in [0.717, 1.165) is 23.8 Å². The van der Waals surface area contributed by atoms with Crippen molar-refractivity contribution < 1.29 is 50.2 Å². The predicted octanol–water partition coefficient (Wildman–Crippen LogP) is 5.21. The van der Waals surface area contributed by atoms with Crippen LogP contribution in [0.25, 0.3) is 0 Å². The largest absolute Gasteiger partial charge is 0.490 e. The number of carboxylic acid groups (broad SMARTS) is 1. The van der Waals surface area contributed by atoms with Gasteiger partial charge in [0.1, 0.15) is 11.6 Å². The molecule has 0 saturated heterocycles. The summed E-state index contributed by atoms with van der Waals surface area (Å²) in [6.07, 6.45) is -8.96. The molecule has 4 rings (SSSR count). The molecule has 0 bridgehead atoms. The van der Waals surface area contributed by atoms with Gasteiger partial charge in [-0.1, -0.05) is 0 Å². The van der Waals surface area contributed by atoms with Gasteiger partial charge >= 0.3 is 18.3 Å². The molecule has 2 aromatic carbocycles. The topological polar surface area (TPSA) is 132 Å². The van der Waals surface area contributed by atoms with Crippen LogP contribution < -0.4 is 21.3 Å². The number of carbonyl (C=O) groups is 3. The van der Waals surface area contributed by atoms with Gasteiger partial charge in [-0.25, -0.2) is 14.2 Å². The third kappa shape index (κ3) is 7.36. The lowest BCUT2D eigenvalue weighted by atomic mass is 10.1. The van der Waals surface area contributed by atoms with Crippen LogP contribution in [0.3, 0.4) is 0 Å². The zero-order valence-corrected chi connectivity index (χ0v) is 20.1. The first-order chi connectivity index (χ1) is 18.6. The molecule has 0 radical (unpaired) electrons. The number of rotatable bonds is 5. The number of carbonyl (C=O) groups excluding carboxylic acids is 2. The average Bonchev–Trinajstić information content (AvgIpc) is 3.23. The number of anilines is 5. The minimum atomic E-state index is -5.08. The molecule has 0 aliphatic carbocycles. The fraction of sp³-hybridized carbons (Fsp3) is 0.167. The highest BCUT2D eigenvalue weighted by Crippen LogP contribution is 2.38. The van der Waals surface area contributed by atoms with Crippen LogP contribution >= 0.6 is 0 Å². The Bertz CT molecular complexity index is 1460. The Morgan fingerprint density at radius 3 is 2.25 bits per heavy atom. The van der Waals surface area contributed by atoms with Crippen LogP contribution in [0.4, 0.5) is 59.3 Å². The van der Waals surface area contributed by atoms with Crippen LogP contribution in [0.5, 0.6) is 0 Å². The van der Waals surface area contributed by atoms with Crippen LogP contribution in [-0.2, 0) is 22.2 Å². The summed E-state index contributed by atoms with van der Waals surface area (Å²) < 4.78 is 86.2. The van der Waals surface area contributed by atoms with Crippen LogP contribution in [0.1, 0.15) is 21.5 Å². The molecule has 16 heteroatoms. The van der Waals surface area contributed by atoms with Gasteiger partial charge in [-0.15, -0.1) is 0 Å². The normalized spacial score (nSPS) is 12.4. The zero-order valence-electron chi connectivity index (χ0n) is 20.1. The predicted molar refractivity (Wildman–Crippen MR) is 128 cm³/mol. The molecule has 5 N–H and O–H groups in total. The fourth-order valence-electron chi connectivity index (χ4n) is 3.40. The Hall–Kier alpha value is -4.89. The lowest BCUT2D eigenvalue weighted by Gasteiger charge is -2.18. The maximum atomic E-state index is 13.6. The van der Waals surface area contributed by atoms with E-state index in [4.69, 9.17) is 9.90 Å². The van der Waals surface area contributed by atoms with Crippen LogP contribution in [0, 0.1) is 5.82 Å². The molecule has 1 aliphatic heterocycles. The number of carboxylic acids is 1. The van der Waals surface area contributed by atoms with Crippen molar-refractivity contribution in [3.63, 3.8) is 0 Å². The quantitative estimate of drug-likeness (QED) is 0.265. The molecule has 1 aromatic heterocycles. The van der Waals surface area contributed by atoms with Gasteiger partial charge in [-0.2, -0.15) is 26.3 Å². The summed E-state index contributed by atoms with van der Waals surface area (Å²) in [5.74, 6) is -4.19. The molecule has 0 fully saturated rings. The Balaban J connectivity index is 0.000000559. The molecule has 0 spiro atoms. The summed E-state index contributed by atoms with van der Waals surface area (Å²) in [6, 6.07) is 9.30. The van der Waals surface area contributed by atoms with E-state index in [1.165, 1.54) is 13.1 Å². The van der Waals surface area contributed by atoms with Crippen molar-refractivity contribution in [2.45, 2.75) is 18.8 Å². The summed E-state index contributed by atoms with van der Waals surface area (Å²) in [4.78, 5) is 36.4. The number of aromatic nitrogens is 1. The molecule has 2 heterocycles. The third-order valence-corrected chi connectivity index (χ3v) is 5.18. The summed E-state index contributed by atoms with van der Waals surface area (Å²) in [5.41, 5.74) is 0.325. The van der Waals surface area contributed by atoms with E-state index in [1.807, 2.05) is 0 Å². The van der Waals surface area contributed by atoms with Crippen molar-refractivity contribution in [1.29, 1.82) is 0 Å². The first kappa shape index (κ1) is 29.7. The number of aliphatic carboxylic acids is 1. The van der Waals surface area contributed by atoms with Crippen LogP contribution in [0.2, 0.25) is 0 Å². The number of amides is 2. The maximum Gasteiger partial charge on any atom is 0.490 e. The monoisotopic (exact) mass is 573 g/mol. The van der Waals surface area contributed by atoms with Crippen molar-refractivity contribution >= 4 is 46.4 Å². The number of benzene rings is 2. The fourth-order valence-corrected chi connectivity index (χ4v) is 3.40. The maximum absolute atomic E-state index is 13.6. The van der Waals surface area contributed by atoms with Gasteiger partial charge in [0.25, 0.3) is 5.91 Å². The summed E-state index contributed by atoms with van der Waals surface area (Å²) >= 11 is 0. The molecule has 0 unspecified atom stereocenters. The number of hydrogen-bond donors (Lipinski definition) is 5. The van der Waals surface area contributed by atoms with Crippen molar-refractivity contribution in [3.8, 4) is 0 Å². The SMILES string of the molecule is CNC(=O)c1cc(F)ccc1Nc1cc(Nc2ccc3c(c2)CC(=O)N3)ncc1C(F)(F)F.O=C(O)C(F)(F)F. The van der Waals surface area contributed by atoms with Gasteiger partial charge in [0, 0.05) is 30.7 Å². The number of pyridine rings is 1. The summed E-state index contributed by atoms with van der Waals surface area (Å²) in [5, 5.41) is 17.6. The molecular formula is C24H18F7N5O4. The minimum absolute atomic E-state index is 0.0134. The van der Waals surface area contributed by atoms with E-state index in [0.29, 0.717) is 17.6 Å². The number of fused-ring (bicyclic) bond motifs is 1. The summed E-state index contributed by atoms with van der Waals surface area (Å²) in [6.45, 7) is 0. The Kier molecular flexibility index (Phi) is 8.50. The molecule has 0 saturated carbocycles. The van der Waals surface area contributed by atoms with E-state index < -0.39 is 35.6 Å². The van der Waals surface area contributed by atoms with E-state index in [2.05, 4.69) is 26.3 Å². The van der Waals surface area contributed by atoms with Crippen molar-refractivity contribution in [2.75, 3.05) is 23.0 Å². The van der Waals surface area contributed by atoms with Crippen molar-refractivity contribution in [2.24, 2.45) is 0 Å². The standard InChI is InChI=1S/C22H17F4N5O2.C2HF3O2/c1-27-21(33)14-8-12(23)2-4-17(14)30-18-9-19(28-10-15(18)22(24,25)26)29-13-3-5-16-11(6-13)7-20(32)31-16;3-2(4,5)1(6)7/h2-6,8-10H,7H2,1H3,(H,27,33)(H,31,32)(H2,28,29,30);(H,6,7). The van der Waals surface area contributed by atoms with Gasteiger partial charge < -0.3 is 26.4 Å². The molecule has 9 nitrogen and oxygen atoms in total. The van der Waals surface area contributed by atoms with Crippen LogP contribution in [0.15, 0.2) is 48.7 Å². The minimum Gasteiger partial charge on any atom is -0.475 e. The first-order valence-electron chi connectivity index (χ1n) is 10.9. The second-order valence-electron chi connectivity index (χ2n) is 8.03. The van der Waals surface area contributed by atoms with Gasteiger partial charge in [0.2, 0.25) is 5.91 Å². The van der Waals surface area contributed by atoms with E-state index in [-0.39, 0.29) is 35.1 Å². The average molecular weight is 573 g/mol. The molecular weight excluding hydrogens is 555 g/mol. The summed E-state index contributed by atoms with van der Waals surface area (Å²) in [7, 11) is 1.33. The number of nitrogens with one attached hydrogen (secondary N) is 4. The Labute approximate surface area is 220 Å². The van der Waals surface area contributed by atoms with Gasteiger partial charge in [0.15, 0.2) is 0 Å². The molecule has 0 atom stereocenters. The lowest BCUT2D eigenvalue weighted by molar-refractivity contribution is -0.192. The lowest BCUT2D eigenvalue weighted by Crippen LogP contribution is -2.21. The highest BCUT2D eigenvalue weighted by atomic mass is 19.4. The van der Waals surface area contributed by atoms with Crippen molar-refractivity contribution in [3.05, 3.63) is 71.2 Å². The highest BCUT2D eigenvalue weighted by Gasteiger charge is 2.38. The molecule has 3 aromatic rings. The second kappa shape index (κ2) is 11.5. The number of alkyl halides is 6. The Morgan fingerprint density at radius 2 is 1.65 bits per heavy atom. The van der Waals surface area contributed by atoms with E-state index in [1.54, 1.807) is 18.2 Å². The smallest absolute Gasteiger partial charge is 0.475 e. The second-order valence-corrected chi connectivity index (χ2v) is 8.03. The number of halogens is 7. The Morgan fingerprint density at radius 1 is 0.975 bits per heavy atom. The van der Waals surface area contributed by atoms with Crippen LogP contribution in [-0.4, -0.2) is 41.1 Å². The highest BCUT2D eigenvalue weighted by molar-refractivity contribution is 6.00. The number of nitrogens with zero attached hydrogens (tertiary/aromatic N) is 1. The molecule has 212 valence electrons. The zero-order chi connectivity index (χ0) is 29.8. The van der Waals surface area contributed by atoms with E-state index in [9.17, 15) is 40.3 Å². The van der Waals surface area contributed by atoms with E-state index >= 15 is 0 Å². The van der Waals surface area contributed by atoms with Crippen molar-refractivity contribution in [1.82, 2.24) is 10.3 Å².